The largest absolute Gasteiger partial charge is 0.573 e. The lowest BCUT2D eigenvalue weighted by Crippen LogP contribution is -2.40. The number of ether oxygens (including phenoxy) is 2. The zero-order valence-electron chi connectivity index (χ0n) is 32.4. The van der Waals surface area contributed by atoms with Gasteiger partial charge in [-0.15, -0.1) is 26.3 Å². The van der Waals surface area contributed by atoms with Crippen molar-refractivity contribution in [1.82, 2.24) is 49.9 Å². The van der Waals surface area contributed by atoms with Crippen molar-refractivity contribution in [3.05, 3.63) is 143 Å². The average molecular weight is 857 g/mol. The van der Waals surface area contributed by atoms with E-state index in [4.69, 9.17) is 0 Å². The van der Waals surface area contributed by atoms with Crippen LogP contribution in [-0.2, 0) is 11.3 Å². The molecule has 0 radical (unpaired) electrons. The summed E-state index contributed by atoms with van der Waals surface area (Å²) < 4.78 is 89.1. The Hall–Kier alpha value is -8.04. The number of aromatic nitrogens is 7. The van der Waals surface area contributed by atoms with Gasteiger partial charge in [0.2, 0.25) is 5.95 Å². The van der Waals surface area contributed by atoms with E-state index in [0.29, 0.717) is 22.9 Å². The number of benzene rings is 2. The minimum atomic E-state index is -4.97. The van der Waals surface area contributed by atoms with Crippen LogP contribution in [-0.4, -0.2) is 69.0 Å². The van der Waals surface area contributed by atoms with Crippen LogP contribution in [0.3, 0.4) is 0 Å². The van der Waals surface area contributed by atoms with Crippen LogP contribution < -0.4 is 25.5 Å². The van der Waals surface area contributed by atoms with Gasteiger partial charge >= 0.3 is 12.7 Å². The van der Waals surface area contributed by atoms with Gasteiger partial charge < -0.3 is 19.7 Å². The maximum absolute atomic E-state index is 13.9. The van der Waals surface area contributed by atoms with Crippen molar-refractivity contribution in [3.8, 4) is 22.8 Å². The summed E-state index contributed by atoms with van der Waals surface area (Å²) in [5.41, 5.74) is 5.07. The Balaban J connectivity index is 1.08. The fourth-order valence-corrected chi connectivity index (χ4v) is 6.61. The summed E-state index contributed by atoms with van der Waals surface area (Å²) in [6, 6.07) is 17.1. The van der Waals surface area contributed by atoms with Gasteiger partial charge in [0.05, 0.1) is 29.8 Å². The first-order chi connectivity index (χ1) is 29.5. The van der Waals surface area contributed by atoms with E-state index >= 15 is 0 Å². The number of carbonyl (C=O) groups is 2. The highest BCUT2D eigenvalue weighted by molar-refractivity contribution is 6.03. The molecule has 0 aliphatic carbocycles. The zero-order chi connectivity index (χ0) is 43.9. The van der Waals surface area contributed by atoms with E-state index in [1.807, 2.05) is 0 Å². The molecule has 0 saturated carbocycles. The normalized spacial score (nSPS) is 13.8. The summed E-state index contributed by atoms with van der Waals surface area (Å²) in [6.45, 7) is 5.05. The van der Waals surface area contributed by atoms with E-state index in [1.54, 1.807) is 37.8 Å². The maximum atomic E-state index is 13.9. The van der Waals surface area contributed by atoms with Gasteiger partial charge in [0.1, 0.15) is 34.7 Å². The summed E-state index contributed by atoms with van der Waals surface area (Å²) in [5.74, 6) is -1.62. The number of imidazole rings is 1. The molecule has 6 aromatic rings. The number of aryl methyl sites for hydroxylation is 3. The van der Waals surface area contributed by atoms with Crippen LogP contribution in [0.5, 0.6) is 11.5 Å². The number of anilines is 2. The third-order valence-corrected chi connectivity index (χ3v) is 8.97. The van der Waals surface area contributed by atoms with Crippen molar-refractivity contribution in [1.29, 1.82) is 0 Å². The third-order valence-electron chi connectivity index (χ3n) is 8.97. The molecule has 0 fully saturated rings. The molecule has 2 aliphatic heterocycles. The molecule has 2 aliphatic rings. The van der Waals surface area contributed by atoms with Crippen LogP contribution in [0.15, 0.2) is 109 Å². The molecule has 8 rings (SSSR count). The van der Waals surface area contributed by atoms with Crippen LogP contribution in [0.2, 0.25) is 0 Å². The molecule has 0 atom stereocenters. The molecular weight excluding hydrogens is 827 g/mol. The number of nitrogens with zero attached hydrogens (tertiary/aromatic N) is 9. The number of allylic oxidation sites excluding steroid dienone is 2. The van der Waals surface area contributed by atoms with Crippen LogP contribution in [0.4, 0.5) is 38.1 Å². The molecule has 6 heterocycles. The van der Waals surface area contributed by atoms with Crippen LogP contribution >= 0.6 is 0 Å². The van der Waals surface area contributed by atoms with Gasteiger partial charge in [-0.1, -0.05) is 24.3 Å². The van der Waals surface area contributed by atoms with Crippen LogP contribution in [0.25, 0.3) is 22.6 Å². The van der Waals surface area contributed by atoms with Crippen molar-refractivity contribution in [2.45, 2.75) is 40.0 Å². The molecular formula is C40H30F6N12O4. The number of alkyl halides is 6. The monoisotopic (exact) mass is 856 g/mol. The molecule has 2 aromatic carbocycles. The minimum absolute atomic E-state index is 0.00482. The van der Waals surface area contributed by atoms with E-state index in [1.165, 1.54) is 82.6 Å². The lowest BCUT2D eigenvalue weighted by Gasteiger charge is -2.31. The highest BCUT2D eigenvalue weighted by atomic mass is 19.4. The quantitative estimate of drug-likeness (QED) is 0.121. The number of rotatable bonds is 10. The van der Waals surface area contributed by atoms with Crippen LogP contribution in [0.1, 0.15) is 39.0 Å². The van der Waals surface area contributed by atoms with Crippen molar-refractivity contribution in [2.75, 3.05) is 10.6 Å². The van der Waals surface area contributed by atoms with Gasteiger partial charge in [0, 0.05) is 34.8 Å². The van der Waals surface area contributed by atoms with Crippen molar-refractivity contribution < 1.29 is 45.4 Å². The number of halogens is 6. The molecule has 3 N–H and O–H groups in total. The molecule has 2 amide bonds. The Morgan fingerprint density at radius 1 is 0.758 bits per heavy atom. The lowest BCUT2D eigenvalue weighted by molar-refractivity contribution is -0.275. The Labute approximate surface area is 346 Å². The maximum Gasteiger partial charge on any atom is 0.573 e. The fraction of sp³-hybridized carbons (Fsp3) is 0.150. The predicted molar refractivity (Wildman–Crippen MR) is 208 cm³/mol. The van der Waals surface area contributed by atoms with Gasteiger partial charge in [-0.2, -0.15) is 5.10 Å². The number of hydrazine groups is 1. The molecule has 4 aromatic heterocycles. The van der Waals surface area contributed by atoms with E-state index in [9.17, 15) is 35.9 Å². The van der Waals surface area contributed by atoms with Crippen molar-refractivity contribution in [2.24, 2.45) is 0 Å². The number of nitrogens with one attached hydrogen (secondary N) is 3. The van der Waals surface area contributed by atoms with E-state index in [-0.39, 0.29) is 63.7 Å². The van der Waals surface area contributed by atoms with Gasteiger partial charge in [-0.25, -0.2) is 34.4 Å². The summed E-state index contributed by atoms with van der Waals surface area (Å²) in [6.07, 6.45) is -4.10. The molecule has 16 nitrogen and oxygen atoms in total. The lowest BCUT2D eigenvalue weighted by atomic mass is 10.1. The highest BCUT2D eigenvalue weighted by Crippen LogP contribution is 2.36. The Kier molecular flexibility index (Phi) is 10.4. The van der Waals surface area contributed by atoms with E-state index < -0.39 is 36.0 Å². The van der Waals surface area contributed by atoms with E-state index in [0.717, 1.165) is 12.1 Å². The van der Waals surface area contributed by atoms with Crippen LogP contribution in [0, 0.1) is 20.8 Å². The summed E-state index contributed by atoms with van der Waals surface area (Å²) in [7, 11) is 0. The number of fused-ring (bicyclic) bond motifs is 2. The number of carbonyl (C=O) groups excluding carboxylic acids is 2. The molecule has 0 spiro atoms. The third kappa shape index (κ3) is 8.92. The molecule has 0 saturated heterocycles. The average Bonchev–Trinajstić information content (AvgIpc) is 3.77. The number of para-hydroxylation sites is 2. The number of hydrogen-bond acceptors (Lipinski definition) is 13. The fourth-order valence-electron chi connectivity index (χ4n) is 6.61. The van der Waals surface area contributed by atoms with E-state index in [2.05, 4.69) is 55.6 Å². The SMILES string of the molecule is Cc1cc(C)nc(NC(=O)C2=CN(Cc3cc(NC(=O)c4cnc5ccc(-c6ccccc6OC(F)(F)F)nn45)nc(C)n3)C3=CC=C(c4ccccc4OC(F)(F)F)NN23)n1. The Morgan fingerprint density at radius 2 is 1.42 bits per heavy atom. The summed E-state index contributed by atoms with van der Waals surface area (Å²) in [4.78, 5) is 50.8. The number of amides is 2. The molecule has 316 valence electrons. The second-order valence-electron chi connectivity index (χ2n) is 13.6. The minimum Gasteiger partial charge on any atom is -0.405 e. The van der Waals surface area contributed by atoms with Gasteiger partial charge in [-0.05, 0) is 75.4 Å². The van der Waals surface area contributed by atoms with Crippen molar-refractivity contribution in [3.63, 3.8) is 0 Å². The standard InChI is InChI=1S/C40H30F6N12O4/c1-21-16-22(2)49-38(48-21)53-37(60)30-20-56(35-15-13-28(55-58(30)35)26-9-5-7-11-32(26)62-40(44,45)46)19-24-17-33(51-23(3)50-24)52-36(59)29-18-47-34-14-12-27(54-57(29)34)25-8-4-6-10-31(25)61-39(41,42)43/h4-18,20,55H,19H2,1-3H3,(H,48,49,53,60)(H,50,51,52,59). The van der Waals surface area contributed by atoms with Gasteiger partial charge in [0.15, 0.2) is 11.3 Å². The summed E-state index contributed by atoms with van der Waals surface area (Å²) in [5, 5.41) is 11.1. The smallest absolute Gasteiger partial charge is 0.405 e. The first kappa shape index (κ1) is 40.7. The molecule has 0 bridgehead atoms. The first-order valence-corrected chi connectivity index (χ1v) is 18.3. The van der Waals surface area contributed by atoms with Gasteiger partial charge in [-0.3, -0.25) is 20.3 Å². The topological polar surface area (TPSA) is 177 Å². The highest BCUT2D eigenvalue weighted by Gasteiger charge is 2.37. The molecule has 62 heavy (non-hydrogen) atoms. The zero-order valence-corrected chi connectivity index (χ0v) is 32.4. The first-order valence-electron chi connectivity index (χ1n) is 18.3. The second kappa shape index (κ2) is 15.9. The summed E-state index contributed by atoms with van der Waals surface area (Å²) >= 11 is 0. The van der Waals surface area contributed by atoms with Crippen molar-refractivity contribution >= 4 is 34.9 Å². The molecule has 0 unspecified atom stereocenters. The Bertz CT molecular complexity index is 2840. The molecule has 22 heteroatoms. The second-order valence-corrected chi connectivity index (χ2v) is 13.6. The Morgan fingerprint density at radius 3 is 2.11 bits per heavy atom. The number of hydrogen-bond donors (Lipinski definition) is 3. The predicted octanol–water partition coefficient (Wildman–Crippen LogP) is 6.95. The van der Waals surface area contributed by atoms with Gasteiger partial charge in [0.25, 0.3) is 11.8 Å².